The lowest BCUT2D eigenvalue weighted by Gasteiger charge is -2.25. The number of hydrogen-bond acceptors (Lipinski definition) is 7. The van der Waals surface area contributed by atoms with Crippen LogP contribution in [0.3, 0.4) is 0 Å². The number of pyridine rings is 1. The molecule has 0 saturated carbocycles. The number of benzene rings is 2. The third kappa shape index (κ3) is 4.84. The average Bonchev–Trinajstić information content (AvgIpc) is 3.17. The molecule has 1 aliphatic heterocycles. The van der Waals surface area contributed by atoms with Crippen LogP contribution in [0.2, 0.25) is 0 Å². The number of Topliss-reactive ketones (excluding diaryl/α,β-unsaturated/α-hetero) is 1. The number of rotatable bonds is 7. The first-order valence-electron chi connectivity index (χ1n) is 11.4. The van der Waals surface area contributed by atoms with E-state index in [1.807, 2.05) is 13.8 Å². The Morgan fingerprint density at radius 1 is 1.03 bits per heavy atom. The maximum absolute atomic E-state index is 13.2. The van der Waals surface area contributed by atoms with Gasteiger partial charge in [-0.1, -0.05) is 19.9 Å². The molecule has 1 aromatic heterocycles. The fraction of sp³-hybridized carbons (Fsp3) is 0.214. The molecule has 3 aromatic rings. The van der Waals surface area contributed by atoms with E-state index in [0.29, 0.717) is 34.7 Å². The Balaban J connectivity index is 1.76. The summed E-state index contributed by atoms with van der Waals surface area (Å²) in [4.78, 5) is 44.2. The van der Waals surface area contributed by atoms with Crippen LogP contribution >= 0.6 is 0 Å². The largest absolute Gasteiger partial charge is 0.507 e. The van der Waals surface area contributed by atoms with E-state index in [1.54, 1.807) is 73.1 Å². The van der Waals surface area contributed by atoms with Crippen LogP contribution in [0.25, 0.3) is 5.76 Å². The number of anilines is 1. The Hall–Kier alpha value is -4.46. The lowest BCUT2D eigenvalue weighted by atomic mass is 9.96. The molecule has 2 heterocycles. The molecule has 8 heteroatoms. The van der Waals surface area contributed by atoms with E-state index in [9.17, 15) is 19.5 Å². The molecule has 1 N–H and O–H groups in total. The Morgan fingerprint density at radius 2 is 1.69 bits per heavy atom. The summed E-state index contributed by atoms with van der Waals surface area (Å²) in [7, 11) is 1.53. The lowest BCUT2D eigenvalue weighted by Crippen LogP contribution is -2.29. The second kappa shape index (κ2) is 10.4. The Labute approximate surface area is 208 Å². The van der Waals surface area contributed by atoms with Gasteiger partial charge in [0.2, 0.25) is 0 Å². The fourth-order valence-corrected chi connectivity index (χ4v) is 3.94. The van der Waals surface area contributed by atoms with Crippen LogP contribution in [0.1, 0.15) is 41.4 Å². The van der Waals surface area contributed by atoms with Crippen molar-refractivity contribution >= 4 is 29.1 Å². The molecular formula is C28H26N2O6. The summed E-state index contributed by atoms with van der Waals surface area (Å²) in [6.45, 7) is 4.18. The molecule has 1 fully saturated rings. The summed E-state index contributed by atoms with van der Waals surface area (Å²) in [6.07, 6.45) is 3.12. The predicted molar refractivity (Wildman–Crippen MR) is 134 cm³/mol. The number of carbonyl (C=O) groups excluding carboxylic acids is 3. The minimum Gasteiger partial charge on any atom is -0.507 e. The van der Waals surface area contributed by atoms with Crippen LogP contribution in [0, 0.1) is 5.92 Å². The topological polar surface area (TPSA) is 106 Å². The highest BCUT2D eigenvalue weighted by atomic mass is 16.5. The molecule has 1 atom stereocenters. The van der Waals surface area contributed by atoms with Crippen LogP contribution < -0.4 is 9.64 Å². The van der Waals surface area contributed by atoms with Gasteiger partial charge in [-0.05, 0) is 66.1 Å². The molecule has 1 saturated heterocycles. The van der Waals surface area contributed by atoms with E-state index in [-0.39, 0.29) is 17.3 Å². The highest BCUT2D eigenvalue weighted by Crippen LogP contribution is 2.42. The van der Waals surface area contributed by atoms with E-state index in [4.69, 9.17) is 9.47 Å². The van der Waals surface area contributed by atoms with Gasteiger partial charge in [-0.3, -0.25) is 19.5 Å². The molecule has 0 bridgehead atoms. The van der Waals surface area contributed by atoms with Crippen molar-refractivity contribution in [3.8, 4) is 5.75 Å². The van der Waals surface area contributed by atoms with Crippen molar-refractivity contribution in [2.24, 2.45) is 5.92 Å². The zero-order valence-corrected chi connectivity index (χ0v) is 20.2. The maximum Gasteiger partial charge on any atom is 0.338 e. The number of ketones is 1. The summed E-state index contributed by atoms with van der Waals surface area (Å²) in [6, 6.07) is 15.3. The first kappa shape index (κ1) is 24.7. The van der Waals surface area contributed by atoms with Crippen molar-refractivity contribution in [3.63, 3.8) is 0 Å². The number of nitrogens with zero attached hydrogens (tertiary/aromatic N) is 2. The third-order valence-electron chi connectivity index (χ3n) is 5.74. The van der Waals surface area contributed by atoms with Gasteiger partial charge in [0.1, 0.15) is 11.5 Å². The summed E-state index contributed by atoms with van der Waals surface area (Å²) in [5.41, 5.74) is 1.57. The van der Waals surface area contributed by atoms with Gasteiger partial charge in [0, 0.05) is 23.6 Å². The van der Waals surface area contributed by atoms with Gasteiger partial charge in [-0.2, -0.15) is 0 Å². The smallest absolute Gasteiger partial charge is 0.338 e. The van der Waals surface area contributed by atoms with Crippen LogP contribution in [-0.4, -0.2) is 41.5 Å². The SMILES string of the molecule is COc1ccc(/C(O)=C2\C(=O)C(=O)N(c3ccc(C(=O)OCC(C)C)cc3)C2c2cccnc2)cc1. The van der Waals surface area contributed by atoms with E-state index < -0.39 is 23.7 Å². The quantitative estimate of drug-likeness (QED) is 0.226. The second-order valence-electron chi connectivity index (χ2n) is 8.72. The molecule has 4 rings (SSSR count). The van der Waals surface area contributed by atoms with Crippen LogP contribution in [-0.2, 0) is 14.3 Å². The molecule has 8 nitrogen and oxygen atoms in total. The number of aromatic nitrogens is 1. The summed E-state index contributed by atoms with van der Waals surface area (Å²) < 4.78 is 10.4. The molecule has 0 spiro atoms. The third-order valence-corrected chi connectivity index (χ3v) is 5.74. The van der Waals surface area contributed by atoms with Gasteiger partial charge < -0.3 is 14.6 Å². The minimum absolute atomic E-state index is 0.0569. The van der Waals surface area contributed by atoms with Crippen LogP contribution in [0.5, 0.6) is 5.75 Å². The molecule has 2 aromatic carbocycles. The summed E-state index contributed by atoms with van der Waals surface area (Å²) >= 11 is 0. The number of carbonyl (C=O) groups is 3. The van der Waals surface area contributed by atoms with Gasteiger partial charge in [0.25, 0.3) is 11.7 Å². The number of aliphatic hydroxyl groups is 1. The molecular weight excluding hydrogens is 460 g/mol. The van der Waals surface area contributed by atoms with Crippen molar-refractivity contribution in [2.75, 3.05) is 18.6 Å². The van der Waals surface area contributed by atoms with Gasteiger partial charge in [0.05, 0.1) is 30.9 Å². The van der Waals surface area contributed by atoms with E-state index in [0.717, 1.165) is 0 Å². The zero-order chi connectivity index (χ0) is 25.8. The molecule has 1 amide bonds. The number of hydrogen-bond donors (Lipinski definition) is 1. The fourth-order valence-electron chi connectivity index (χ4n) is 3.94. The zero-order valence-electron chi connectivity index (χ0n) is 20.2. The molecule has 184 valence electrons. The van der Waals surface area contributed by atoms with Crippen LogP contribution in [0.4, 0.5) is 5.69 Å². The maximum atomic E-state index is 13.2. The summed E-state index contributed by atoms with van der Waals surface area (Å²) in [5.74, 6) is -1.61. The van der Waals surface area contributed by atoms with Gasteiger partial charge >= 0.3 is 5.97 Å². The predicted octanol–water partition coefficient (Wildman–Crippen LogP) is 4.53. The second-order valence-corrected chi connectivity index (χ2v) is 8.72. The van der Waals surface area contributed by atoms with Crippen LogP contribution in [0.15, 0.2) is 78.6 Å². The summed E-state index contributed by atoms with van der Waals surface area (Å²) in [5, 5.41) is 11.1. The number of methoxy groups -OCH3 is 1. The van der Waals surface area contributed by atoms with Crippen molar-refractivity contribution in [1.82, 2.24) is 4.98 Å². The highest BCUT2D eigenvalue weighted by molar-refractivity contribution is 6.51. The van der Waals surface area contributed by atoms with E-state index in [2.05, 4.69) is 4.98 Å². The molecule has 1 aliphatic rings. The number of amides is 1. The van der Waals surface area contributed by atoms with Crippen molar-refractivity contribution in [1.29, 1.82) is 0 Å². The van der Waals surface area contributed by atoms with E-state index in [1.165, 1.54) is 12.0 Å². The van der Waals surface area contributed by atoms with Crippen molar-refractivity contribution in [3.05, 3.63) is 95.3 Å². The number of ether oxygens (including phenoxy) is 2. The lowest BCUT2D eigenvalue weighted by molar-refractivity contribution is -0.132. The average molecular weight is 487 g/mol. The normalized spacial score (nSPS) is 16.9. The standard InChI is InChI=1S/C28H26N2O6/c1-17(2)16-36-28(34)19-6-10-21(11-7-19)30-24(20-5-4-14-29-15-20)23(26(32)27(30)33)25(31)18-8-12-22(35-3)13-9-18/h4-15,17,24,31H,16H2,1-3H3/b25-23+. The first-order valence-corrected chi connectivity index (χ1v) is 11.4. The number of aliphatic hydroxyl groups excluding tert-OH is 1. The molecule has 0 aliphatic carbocycles. The van der Waals surface area contributed by atoms with E-state index >= 15 is 0 Å². The van der Waals surface area contributed by atoms with Gasteiger partial charge in [-0.15, -0.1) is 0 Å². The highest BCUT2D eigenvalue weighted by Gasteiger charge is 2.47. The molecule has 0 radical (unpaired) electrons. The molecule has 36 heavy (non-hydrogen) atoms. The minimum atomic E-state index is -0.917. The Bertz CT molecular complexity index is 1300. The Morgan fingerprint density at radius 3 is 2.28 bits per heavy atom. The van der Waals surface area contributed by atoms with Gasteiger partial charge in [0.15, 0.2) is 0 Å². The van der Waals surface area contributed by atoms with Crippen molar-refractivity contribution < 1.29 is 29.0 Å². The molecule has 1 unspecified atom stereocenters. The number of esters is 1. The van der Waals surface area contributed by atoms with Gasteiger partial charge in [-0.25, -0.2) is 4.79 Å². The monoisotopic (exact) mass is 486 g/mol. The van der Waals surface area contributed by atoms with Crippen molar-refractivity contribution in [2.45, 2.75) is 19.9 Å². The Kier molecular flexibility index (Phi) is 7.15. The first-order chi connectivity index (χ1) is 17.3.